The lowest BCUT2D eigenvalue weighted by atomic mass is 10.0. The van der Waals surface area contributed by atoms with Gasteiger partial charge in [0, 0.05) is 17.8 Å². The first-order chi connectivity index (χ1) is 8.20. The van der Waals surface area contributed by atoms with E-state index < -0.39 is 0 Å². The standard InChI is InChI=1S/C16H27N/c1-5-10-14(3)17(15(4)11-6-2)16-12-8-7-9-13-16/h7-9,12-15H,5-6,10-11H2,1-4H3. The van der Waals surface area contributed by atoms with Crippen molar-refractivity contribution in [3.8, 4) is 0 Å². The predicted octanol–water partition coefficient (Wildman–Crippen LogP) is 4.87. The van der Waals surface area contributed by atoms with Gasteiger partial charge in [-0.25, -0.2) is 0 Å². The van der Waals surface area contributed by atoms with Crippen LogP contribution in [0.4, 0.5) is 5.69 Å². The number of hydrogen-bond acceptors (Lipinski definition) is 1. The van der Waals surface area contributed by atoms with Crippen LogP contribution in [0.1, 0.15) is 53.4 Å². The molecule has 2 atom stereocenters. The molecule has 2 unspecified atom stereocenters. The molecule has 1 heteroatoms. The van der Waals surface area contributed by atoms with Gasteiger partial charge in [0.25, 0.3) is 0 Å². The fourth-order valence-electron chi connectivity index (χ4n) is 2.66. The Bertz CT molecular complexity index is 282. The van der Waals surface area contributed by atoms with Crippen LogP contribution >= 0.6 is 0 Å². The van der Waals surface area contributed by atoms with Crippen molar-refractivity contribution in [1.29, 1.82) is 0 Å². The number of rotatable bonds is 7. The minimum atomic E-state index is 0.629. The third kappa shape index (κ3) is 4.07. The van der Waals surface area contributed by atoms with Crippen molar-refractivity contribution >= 4 is 5.69 Å². The van der Waals surface area contributed by atoms with Crippen molar-refractivity contribution in [3.05, 3.63) is 30.3 Å². The Labute approximate surface area is 107 Å². The SMILES string of the molecule is CCCC(C)N(c1ccccc1)C(C)CCC. The van der Waals surface area contributed by atoms with E-state index >= 15 is 0 Å². The molecule has 0 bridgehead atoms. The third-order valence-electron chi connectivity index (χ3n) is 3.42. The lowest BCUT2D eigenvalue weighted by Gasteiger charge is -2.37. The summed E-state index contributed by atoms with van der Waals surface area (Å²) < 4.78 is 0. The van der Waals surface area contributed by atoms with Crippen LogP contribution in [0.15, 0.2) is 30.3 Å². The number of nitrogens with zero attached hydrogens (tertiary/aromatic N) is 1. The van der Waals surface area contributed by atoms with E-state index in [0.29, 0.717) is 12.1 Å². The molecule has 0 radical (unpaired) electrons. The molecule has 1 aromatic rings. The first-order valence-electron chi connectivity index (χ1n) is 7.04. The number of para-hydroxylation sites is 1. The van der Waals surface area contributed by atoms with E-state index in [1.54, 1.807) is 0 Å². The molecule has 0 spiro atoms. The Morgan fingerprint density at radius 2 is 1.35 bits per heavy atom. The summed E-state index contributed by atoms with van der Waals surface area (Å²) in [5.74, 6) is 0. The van der Waals surface area contributed by atoms with Crippen LogP contribution in [-0.4, -0.2) is 12.1 Å². The lowest BCUT2D eigenvalue weighted by Crippen LogP contribution is -2.40. The van der Waals surface area contributed by atoms with E-state index in [9.17, 15) is 0 Å². The summed E-state index contributed by atoms with van der Waals surface area (Å²) in [4.78, 5) is 2.59. The minimum Gasteiger partial charge on any atom is -0.366 e. The number of anilines is 1. The van der Waals surface area contributed by atoms with Crippen molar-refractivity contribution < 1.29 is 0 Å². The second-order valence-electron chi connectivity index (χ2n) is 5.02. The topological polar surface area (TPSA) is 3.24 Å². The van der Waals surface area contributed by atoms with Crippen molar-refractivity contribution in [1.82, 2.24) is 0 Å². The van der Waals surface area contributed by atoms with Crippen LogP contribution in [-0.2, 0) is 0 Å². The Morgan fingerprint density at radius 1 is 0.882 bits per heavy atom. The molecular weight excluding hydrogens is 206 g/mol. The van der Waals surface area contributed by atoms with Crippen molar-refractivity contribution in [2.45, 2.75) is 65.5 Å². The number of hydrogen-bond donors (Lipinski definition) is 0. The molecule has 0 fully saturated rings. The normalized spacial score (nSPS) is 14.4. The van der Waals surface area contributed by atoms with Gasteiger partial charge in [-0.2, -0.15) is 0 Å². The summed E-state index contributed by atoms with van der Waals surface area (Å²) in [6.45, 7) is 9.24. The Hall–Kier alpha value is -0.980. The number of benzene rings is 1. The Morgan fingerprint density at radius 3 is 1.76 bits per heavy atom. The predicted molar refractivity (Wildman–Crippen MR) is 77.7 cm³/mol. The molecule has 0 saturated carbocycles. The molecule has 0 N–H and O–H groups in total. The molecule has 0 aromatic heterocycles. The smallest absolute Gasteiger partial charge is 0.0371 e. The lowest BCUT2D eigenvalue weighted by molar-refractivity contribution is 0.494. The maximum atomic E-state index is 2.59. The van der Waals surface area contributed by atoms with Crippen molar-refractivity contribution in [2.75, 3.05) is 4.90 Å². The van der Waals surface area contributed by atoms with E-state index in [4.69, 9.17) is 0 Å². The van der Waals surface area contributed by atoms with E-state index in [-0.39, 0.29) is 0 Å². The summed E-state index contributed by atoms with van der Waals surface area (Å²) in [5, 5.41) is 0. The van der Waals surface area contributed by atoms with Crippen LogP contribution in [0.2, 0.25) is 0 Å². The van der Waals surface area contributed by atoms with Crippen LogP contribution in [0.3, 0.4) is 0 Å². The summed E-state index contributed by atoms with van der Waals surface area (Å²) in [5.41, 5.74) is 1.37. The fourth-order valence-corrected chi connectivity index (χ4v) is 2.66. The van der Waals surface area contributed by atoms with Gasteiger partial charge in [0.05, 0.1) is 0 Å². The van der Waals surface area contributed by atoms with E-state index in [1.807, 2.05) is 0 Å². The van der Waals surface area contributed by atoms with Gasteiger partial charge in [0.15, 0.2) is 0 Å². The fraction of sp³-hybridized carbons (Fsp3) is 0.625. The zero-order valence-corrected chi connectivity index (χ0v) is 11.8. The molecule has 1 nitrogen and oxygen atoms in total. The highest BCUT2D eigenvalue weighted by molar-refractivity contribution is 5.47. The van der Waals surface area contributed by atoms with Gasteiger partial charge in [-0.1, -0.05) is 44.9 Å². The summed E-state index contributed by atoms with van der Waals surface area (Å²) >= 11 is 0. The summed E-state index contributed by atoms with van der Waals surface area (Å²) in [7, 11) is 0. The van der Waals surface area contributed by atoms with Gasteiger partial charge < -0.3 is 4.90 Å². The van der Waals surface area contributed by atoms with Crippen molar-refractivity contribution in [2.24, 2.45) is 0 Å². The van der Waals surface area contributed by atoms with Gasteiger partial charge in [0.2, 0.25) is 0 Å². The Kier molecular flexibility index (Phi) is 6.10. The summed E-state index contributed by atoms with van der Waals surface area (Å²) in [6.07, 6.45) is 5.04. The first kappa shape index (κ1) is 14.1. The molecule has 17 heavy (non-hydrogen) atoms. The second-order valence-corrected chi connectivity index (χ2v) is 5.02. The molecule has 0 heterocycles. The Balaban J connectivity index is 2.86. The first-order valence-corrected chi connectivity index (χ1v) is 7.04. The average Bonchev–Trinajstić information content (AvgIpc) is 2.31. The van der Waals surface area contributed by atoms with Crippen LogP contribution in [0, 0.1) is 0 Å². The zero-order valence-electron chi connectivity index (χ0n) is 11.8. The molecule has 96 valence electrons. The van der Waals surface area contributed by atoms with Gasteiger partial charge in [0.1, 0.15) is 0 Å². The molecule has 1 aromatic carbocycles. The largest absolute Gasteiger partial charge is 0.366 e. The van der Waals surface area contributed by atoms with Crippen LogP contribution < -0.4 is 4.90 Å². The van der Waals surface area contributed by atoms with E-state index in [0.717, 1.165) is 0 Å². The van der Waals surface area contributed by atoms with Crippen molar-refractivity contribution in [3.63, 3.8) is 0 Å². The van der Waals surface area contributed by atoms with Gasteiger partial charge in [-0.3, -0.25) is 0 Å². The van der Waals surface area contributed by atoms with E-state index in [1.165, 1.54) is 31.4 Å². The maximum absolute atomic E-state index is 2.59. The zero-order chi connectivity index (χ0) is 12.7. The monoisotopic (exact) mass is 233 g/mol. The molecular formula is C16H27N. The highest BCUT2D eigenvalue weighted by atomic mass is 15.2. The molecule has 0 aliphatic rings. The van der Waals surface area contributed by atoms with Crippen LogP contribution in [0.5, 0.6) is 0 Å². The van der Waals surface area contributed by atoms with Crippen LogP contribution in [0.25, 0.3) is 0 Å². The molecule has 0 aliphatic carbocycles. The molecule has 0 saturated heterocycles. The van der Waals surface area contributed by atoms with Gasteiger partial charge in [-0.05, 0) is 38.8 Å². The third-order valence-corrected chi connectivity index (χ3v) is 3.42. The molecule has 0 amide bonds. The molecule has 0 aliphatic heterocycles. The highest BCUT2D eigenvalue weighted by Gasteiger charge is 2.19. The second kappa shape index (κ2) is 7.37. The van der Waals surface area contributed by atoms with E-state index in [2.05, 4.69) is 62.9 Å². The maximum Gasteiger partial charge on any atom is 0.0371 e. The van der Waals surface area contributed by atoms with Gasteiger partial charge in [-0.15, -0.1) is 0 Å². The van der Waals surface area contributed by atoms with Gasteiger partial charge >= 0.3 is 0 Å². The molecule has 1 rings (SSSR count). The minimum absolute atomic E-state index is 0.629. The summed E-state index contributed by atoms with van der Waals surface area (Å²) in [6, 6.07) is 12.1. The average molecular weight is 233 g/mol. The highest BCUT2D eigenvalue weighted by Crippen LogP contribution is 2.23. The quantitative estimate of drug-likeness (QED) is 0.649.